The predicted molar refractivity (Wildman–Crippen MR) is 93.8 cm³/mol. The van der Waals surface area contributed by atoms with E-state index in [9.17, 15) is 17.4 Å². The summed E-state index contributed by atoms with van der Waals surface area (Å²) in [6.07, 6.45) is 0.377. The molecule has 0 radical (unpaired) electrons. The minimum atomic E-state index is -4.35. The second-order valence-corrected chi connectivity index (χ2v) is 8.15. The van der Waals surface area contributed by atoms with E-state index in [-0.39, 0.29) is 11.7 Å². The molecule has 1 aliphatic carbocycles. The average molecular weight is 389 g/mol. The van der Waals surface area contributed by atoms with Gasteiger partial charge in [0.25, 0.3) is 0 Å². The fraction of sp³-hybridized carbons (Fsp3) is 0.647. The molecule has 1 aromatic rings. The van der Waals surface area contributed by atoms with E-state index in [0.29, 0.717) is 29.8 Å². The summed E-state index contributed by atoms with van der Waals surface area (Å²) in [5.41, 5.74) is 2.40. The molecule has 144 valence electrons. The van der Waals surface area contributed by atoms with E-state index in [1.165, 1.54) is 0 Å². The number of alkyl halides is 3. The van der Waals surface area contributed by atoms with Gasteiger partial charge in [0, 0.05) is 29.8 Å². The van der Waals surface area contributed by atoms with Crippen LogP contribution in [0.25, 0.3) is 6.08 Å². The van der Waals surface area contributed by atoms with Crippen LogP contribution >= 0.6 is 0 Å². The molecule has 2 aliphatic rings. The van der Waals surface area contributed by atoms with Gasteiger partial charge in [-0.3, -0.25) is 9.20 Å². The lowest BCUT2D eigenvalue weighted by Crippen LogP contribution is -2.37. The molecule has 0 amide bonds. The summed E-state index contributed by atoms with van der Waals surface area (Å²) in [6, 6.07) is 0. The van der Waals surface area contributed by atoms with Crippen molar-refractivity contribution in [2.45, 2.75) is 50.0 Å². The third-order valence-electron chi connectivity index (χ3n) is 4.77. The van der Waals surface area contributed by atoms with Crippen LogP contribution < -0.4 is 0 Å². The molecule has 3 rings (SSSR count). The molecule has 4 unspecified atom stereocenters. The van der Waals surface area contributed by atoms with Crippen LogP contribution in [-0.4, -0.2) is 51.1 Å². The Hall–Kier alpha value is -1.48. The number of fused-ring (bicyclic) bond motifs is 1. The molecule has 4 atom stereocenters. The number of nitrogens with zero attached hydrogens (tertiary/aromatic N) is 2. The van der Waals surface area contributed by atoms with Crippen LogP contribution in [0.2, 0.25) is 0 Å². The number of aromatic nitrogens is 2. The summed E-state index contributed by atoms with van der Waals surface area (Å²) in [5.74, 6) is 0.134. The molecule has 5 nitrogen and oxygen atoms in total. The molecule has 0 spiro atoms. The third kappa shape index (κ3) is 4.43. The topological polar surface area (TPSA) is 67.3 Å². The zero-order valence-electron chi connectivity index (χ0n) is 14.7. The molecular formula is C17H22F3N3O2S. The van der Waals surface area contributed by atoms with Crippen LogP contribution in [0.3, 0.4) is 0 Å². The van der Waals surface area contributed by atoms with Crippen LogP contribution in [0.15, 0.2) is 16.2 Å². The Bertz CT molecular complexity index is 742. The maximum atomic E-state index is 12.7. The van der Waals surface area contributed by atoms with Crippen LogP contribution in [-0.2, 0) is 15.5 Å². The molecule has 0 saturated heterocycles. The molecule has 0 aromatic carbocycles. The zero-order chi connectivity index (χ0) is 18.9. The maximum absolute atomic E-state index is 12.7. The highest BCUT2D eigenvalue weighted by Gasteiger charge is 2.34. The average Bonchev–Trinajstić information content (AvgIpc) is 3.00. The summed E-state index contributed by atoms with van der Waals surface area (Å²) < 4.78 is 54.9. The number of hydrogen-bond donors (Lipinski definition) is 1. The van der Waals surface area contributed by atoms with Gasteiger partial charge in [0.15, 0.2) is 5.16 Å². The number of imidazole rings is 1. The van der Waals surface area contributed by atoms with Crippen LogP contribution in [0, 0.1) is 5.92 Å². The summed E-state index contributed by atoms with van der Waals surface area (Å²) in [4.78, 5) is 11.9. The minimum Gasteiger partial charge on any atom is -0.368 e. The third-order valence-corrected chi connectivity index (χ3v) is 5.95. The normalized spacial score (nSPS) is 27.1. The van der Waals surface area contributed by atoms with E-state index >= 15 is 0 Å². The summed E-state index contributed by atoms with van der Waals surface area (Å²) in [7, 11) is -1.43. The van der Waals surface area contributed by atoms with Crippen molar-refractivity contribution in [3.8, 4) is 0 Å². The van der Waals surface area contributed by atoms with Gasteiger partial charge in [-0.05, 0) is 18.9 Å². The standard InChI is InChI=1S/C17H22F3N3O2S/c1-10-4-3-5-12-15(10)23-16(22-12)26(24)8-13-11(2)14(6-7-21-13)25-9-17(18,19)20/h3,5,10-11,14H,4,6-9H2,1-2H3,(H,22,23). The van der Waals surface area contributed by atoms with Gasteiger partial charge in [0.05, 0.1) is 28.4 Å². The first-order valence-corrected chi connectivity index (χ1v) is 9.93. The fourth-order valence-corrected chi connectivity index (χ4v) is 4.43. The van der Waals surface area contributed by atoms with Crippen molar-refractivity contribution in [3.63, 3.8) is 0 Å². The quantitative estimate of drug-likeness (QED) is 0.839. The van der Waals surface area contributed by atoms with Gasteiger partial charge < -0.3 is 9.72 Å². The molecule has 0 saturated carbocycles. The highest BCUT2D eigenvalue weighted by atomic mass is 32.2. The number of hydrogen-bond acceptors (Lipinski definition) is 4. The van der Waals surface area contributed by atoms with E-state index in [1.54, 1.807) is 6.92 Å². The van der Waals surface area contributed by atoms with Gasteiger partial charge in [-0.2, -0.15) is 13.2 Å². The fourth-order valence-electron chi connectivity index (χ4n) is 3.24. The van der Waals surface area contributed by atoms with Gasteiger partial charge in [-0.25, -0.2) is 4.98 Å². The van der Waals surface area contributed by atoms with Crippen molar-refractivity contribution in [2.24, 2.45) is 10.9 Å². The Labute approximate surface area is 152 Å². The highest BCUT2D eigenvalue weighted by molar-refractivity contribution is 7.85. The molecule has 0 bridgehead atoms. The lowest BCUT2D eigenvalue weighted by atomic mass is 9.94. The van der Waals surface area contributed by atoms with E-state index < -0.39 is 29.7 Å². The smallest absolute Gasteiger partial charge is 0.368 e. The second-order valence-electron chi connectivity index (χ2n) is 6.78. The molecule has 0 fully saturated rings. The van der Waals surface area contributed by atoms with E-state index in [2.05, 4.69) is 21.9 Å². The number of aliphatic imine (C=N–C) groups is 1. The van der Waals surface area contributed by atoms with Crippen molar-refractivity contribution in [1.29, 1.82) is 0 Å². The lowest BCUT2D eigenvalue weighted by molar-refractivity contribution is -0.188. The zero-order valence-corrected chi connectivity index (χ0v) is 15.5. The Morgan fingerprint density at radius 3 is 2.85 bits per heavy atom. The Kier molecular flexibility index (Phi) is 5.67. The molecule has 1 aromatic heterocycles. The van der Waals surface area contributed by atoms with Crippen molar-refractivity contribution in [1.82, 2.24) is 9.97 Å². The van der Waals surface area contributed by atoms with Crippen LogP contribution in [0.5, 0.6) is 0 Å². The number of nitrogens with one attached hydrogen (secondary N) is 1. The number of ether oxygens (including phenoxy) is 1. The first-order chi connectivity index (χ1) is 12.2. The Morgan fingerprint density at radius 1 is 1.38 bits per heavy atom. The van der Waals surface area contributed by atoms with Crippen molar-refractivity contribution in [2.75, 3.05) is 18.9 Å². The van der Waals surface area contributed by atoms with Crippen molar-refractivity contribution in [3.05, 3.63) is 17.5 Å². The van der Waals surface area contributed by atoms with E-state index in [4.69, 9.17) is 4.74 Å². The number of halogens is 3. The van der Waals surface area contributed by atoms with Gasteiger partial charge in [-0.1, -0.05) is 19.9 Å². The Balaban J connectivity index is 1.65. The number of allylic oxidation sites excluding steroid dienone is 1. The number of rotatable bonds is 5. The molecule has 2 heterocycles. The summed E-state index contributed by atoms with van der Waals surface area (Å²) >= 11 is 0. The number of H-pyrrole nitrogens is 1. The van der Waals surface area contributed by atoms with Gasteiger partial charge in [-0.15, -0.1) is 0 Å². The molecular weight excluding hydrogens is 367 g/mol. The molecule has 9 heteroatoms. The highest BCUT2D eigenvalue weighted by Crippen LogP contribution is 2.28. The van der Waals surface area contributed by atoms with Crippen molar-refractivity contribution >= 4 is 22.6 Å². The van der Waals surface area contributed by atoms with Gasteiger partial charge in [0.2, 0.25) is 0 Å². The molecule has 1 N–H and O–H groups in total. The molecule has 1 aliphatic heterocycles. The SMILES string of the molecule is CC1CC=Cc2nc(S(=O)CC3=NCCC(OCC(F)(F)F)C3C)[nH]c21. The number of aromatic amines is 1. The Morgan fingerprint density at radius 2 is 2.15 bits per heavy atom. The first kappa shape index (κ1) is 19.3. The minimum absolute atomic E-state index is 0.150. The van der Waals surface area contributed by atoms with E-state index in [0.717, 1.165) is 17.8 Å². The monoisotopic (exact) mass is 389 g/mol. The van der Waals surface area contributed by atoms with E-state index in [1.807, 2.05) is 12.2 Å². The molecule has 26 heavy (non-hydrogen) atoms. The van der Waals surface area contributed by atoms with Gasteiger partial charge in [0.1, 0.15) is 6.61 Å². The predicted octanol–water partition coefficient (Wildman–Crippen LogP) is 3.47. The largest absolute Gasteiger partial charge is 0.411 e. The van der Waals surface area contributed by atoms with Crippen LogP contribution in [0.1, 0.15) is 44.0 Å². The van der Waals surface area contributed by atoms with Crippen LogP contribution in [0.4, 0.5) is 13.2 Å². The maximum Gasteiger partial charge on any atom is 0.411 e. The lowest BCUT2D eigenvalue weighted by Gasteiger charge is -2.29. The van der Waals surface area contributed by atoms with Gasteiger partial charge >= 0.3 is 6.18 Å². The van der Waals surface area contributed by atoms with Crippen molar-refractivity contribution < 1.29 is 22.1 Å². The first-order valence-electron chi connectivity index (χ1n) is 8.61. The summed E-state index contributed by atoms with van der Waals surface area (Å²) in [5, 5.41) is 0.390. The summed E-state index contributed by atoms with van der Waals surface area (Å²) in [6.45, 7) is 2.96. The second kappa shape index (κ2) is 7.64.